The Hall–Kier alpha value is -3.38. The molecule has 1 N–H and O–H groups in total. The van der Waals surface area contributed by atoms with Crippen LogP contribution in [-0.2, 0) is 11.2 Å². The van der Waals surface area contributed by atoms with Gasteiger partial charge in [0.25, 0.3) is 0 Å². The van der Waals surface area contributed by atoms with Crippen molar-refractivity contribution in [1.29, 1.82) is 0 Å². The van der Waals surface area contributed by atoms with Crippen molar-refractivity contribution in [2.45, 2.75) is 65.3 Å². The Kier molecular flexibility index (Phi) is 6.60. The second-order valence-electron chi connectivity index (χ2n) is 11.1. The van der Waals surface area contributed by atoms with Crippen LogP contribution in [0.25, 0.3) is 33.1 Å². The van der Waals surface area contributed by atoms with Gasteiger partial charge in [-0.2, -0.15) is 0 Å². The van der Waals surface area contributed by atoms with Gasteiger partial charge in [-0.1, -0.05) is 36.8 Å². The Morgan fingerprint density at radius 3 is 2.53 bits per heavy atom. The molecule has 1 amide bonds. The van der Waals surface area contributed by atoms with Gasteiger partial charge in [-0.15, -0.1) is 0 Å². The van der Waals surface area contributed by atoms with Crippen molar-refractivity contribution in [3.05, 3.63) is 69.3 Å². The number of amides is 1. The van der Waals surface area contributed by atoms with Crippen molar-refractivity contribution < 1.29 is 13.6 Å². The van der Waals surface area contributed by atoms with E-state index in [4.69, 9.17) is 8.83 Å². The molecule has 2 aliphatic heterocycles. The number of benzene rings is 2. The van der Waals surface area contributed by atoms with Crippen LogP contribution in [0.5, 0.6) is 0 Å². The molecule has 2 fully saturated rings. The van der Waals surface area contributed by atoms with Gasteiger partial charge in [0.2, 0.25) is 5.91 Å². The van der Waals surface area contributed by atoms with E-state index in [1.165, 1.54) is 38.8 Å². The fourth-order valence-corrected chi connectivity index (χ4v) is 6.83. The van der Waals surface area contributed by atoms with Gasteiger partial charge in [0.15, 0.2) is 0 Å². The zero-order chi connectivity index (χ0) is 26.4. The maximum atomic E-state index is 13.1. The summed E-state index contributed by atoms with van der Waals surface area (Å²) < 4.78 is 12.0. The van der Waals surface area contributed by atoms with Crippen molar-refractivity contribution >= 4 is 27.8 Å². The third-order valence-electron chi connectivity index (χ3n) is 8.82. The highest BCUT2D eigenvalue weighted by Crippen LogP contribution is 2.39. The summed E-state index contributed by atoms with van der Waals surface area (Å²) in [7, 11) is 0. The number of piperidine rings is 2. The molecule has 0 spiro atoms. The Morgan fingerprint density at radius 1 is 0.947 bits per heavy atom. The van der Waals surface area contributed by atoms with Crippen molar-refractivity contribution in [2.24, 2.45) is 5.92 Å². The third-order valence-corrected chi connectivity index (χ3v) is 8.82. The van der Waals surface area contributed by atoms with Crippen LogP contribution in [0.2, 0.25) is 0 Å². The number of hydrogen-bond donors (Lipinski definition) is 1. The van der Waals surface area contributed by atoms with E-state index in [0.29, 0.717) is 29.7 Å². The van der Waals surface area contributed by atoms with Gasteiger partial charge < -0.3 is 19.1 Å². The molecule has 6 heteroatoms. The molecular formula is C32H36N2O4. The average molecular weight is 513 g/mol. The van der Waals surface area contributed by atoms with Crippen molar-refractivity contribution in [2.75, 3.05) is 19.6 Å². The number of fused-ring (bicyclic) bond motifs is 3. The minimum absolute atomic E-state index is 0.0260. The van der Waals surface area contributed by atoms with E-state index >= 15 is 0 Å². The maximum Gasteiger partial charge on any atom is 0.340 e. The summed E-state index contributed by atoms with van der Waals surface area (Å²) in [5.41, 5.74) is 4.95. The van der Waals surface area contributed by atoms with Crippen LogP contribution in [0.1, 0.15) is 54.6 Å². The highest BCUT2D eigenvalue weighted by Gasteiger charge is 2.33. The molecule has 4 heterocycles. The van der Waals surface area contributed by atoms with E-state index in [1.54, 1.807) is 0 Å². The number of nitrogens with zero attached hydrogens (tertiary/aromatic N) is 1. The lowest BCUT2D eigenvalue weighted by molar-refractivity contribution is -0.120. The quantitative estimate of drug-likeness (QED) is 0.329. The lowest BCUT2D eigenvalue weighted by atomic mass is 9.83. The molecule has 6 nitrogen and oxygen atoms in total. The zero-order valence-electron chi connectivity index (χ0n) is 22.6. The average Bonchev–Trinajstić information content (AvgIpc) is 3.27. The van der Waals surface area contributed by atoms with Crippen molar-refractivity contribution in [1.82, 2.24) is 10.2 Å². The second-order valence-corrected chi connectivity index (χ2v) is 11.1. The SMILES string of the molecule is Cc1oc2c(C)c3oc(=O)c(CC(=O)NC[C@@H]4CCCN5CCCC[C@H]45)c(C)c3cc2c1-c1ccccc1. The standard InChI is InChI=1S/C32H36N2O4/c1-19-24-16-26-29(22-10-5-4-6-11-22)21(3)37-31(26)20(2)30(24)38-32(36)25(19)17-28(35)33-18-23-12-9-15-34-14-8-7-13-27(23)34/h4-6,10-11,16,23,27H,7-9,12-15,17-18H2,1-3H3,(H,33,35)/t23-,27+/m0/s1. The largest absolute Gasteiger partial charge is 0.460 e. The molecule has 6 rings (SSSR count). The normalized spacial score (nSPS) is 20.1. The summed E-state index contributed by atoms with van der Waals surface area (Å²) in [5, 5.41) is 4.98. The van der Waals surface area contributed by atoms with Gasteiger partial charge in [-0.05, 0) is 82.7 Å². The van der Waals surface area contributed by atoms with Gasteiger partial charge in [-0.3, -0.25) is 4.79 Å². The fraction of sp³-hybridized carbons (Fsp3) is 0.438. The van der Waals surface area contributed by atoms with Crippen LogP contribution in [0.4, 0.5) is 0 Å². The molecule has 198 valence electrons. The van der Waals surface area contributed by atoms with Crippen LogP contribution in [0, 0.1) is 26.7 Å². The summed E-state index contributed by atoms with van der Waals surface area (Å²) >= 11 is 0. The summed E-state index contributed by atoms with van der Waals surface area (Å²) in [4.78, 5) is 28.7. The predicted octanol–water partition coefficient (Wildman–Crippen LogP) is 6.05. The van der Waals surface area contributed by atoms with Gasteiger partial charge in [-0.25, -0.2) is 4.79 Å². The van der Waals surface area contributed by atoms with Crippen LogP contribution >= 0.6 is 0 Å². The Morgan fingerprint density at radius 2 is 1.71 bits per heavy atom. The van der Waals surface area contributed by atoms with Crippen LogP contribution in [-0.4, -0.2) is 36.5 Å². The monoisotopic (exact) mass is 512 g/mol. The van der Waals surface area contributed by atoms with Crippen LogP contribution < -0.4 is 10.9 Å². The Balaban J connectivity index is 1.30. The first kappa shape index (κ1) is 24.9. The minimum atomic E-state index is -0.449. The predicted molar refractivity (Wildman–Crippen MR) is 151 cm³/mol. The van der Waals surface area contributed by atoms with Gasteiger partial charge in [0, 0.05) is 34.5 Å². The van der Waals surface area contributed by atoms with Gasteiger partial charge in [0.1, 0.15) is 16.9 Å². The zero-order valence-corrected chi connectivity index (χ0v) is 22.6. The molecule has 2 aromatic heterocycles. The topological polar surface area (TPSA) is 75.7 Å². The lowest BCUT2D eigenvalue weighted by Crippen LogP contribution is -2.51. The molecule has 0 bridgehead atoms. The highest BCUT2D eigenvalue weighted by molar-refractivity contribution is 6.06. The summed E-state index contributed by atoms with van der Waals surface area (Å²) in [6.07, 6.45) is 6.15. The molecule has 2 saturated heterocycles. The minimum Gasteiger partial charge on any atom is -0.460 e. The Labute approximate surface area is 223 Å². The third kappa shape index (κ3) is 4.35. The smallest absolute Gasteiger partial charge is 0.340 e. The van der Waals surface area contributed by atoms with E-state index in [1.807, 2.05) is 39.0 Å². The first-order valence-electron chi connectivity index (χ1n) is 14.0. The molecule has 2 atom stereocenters. The number of rotatable bonds is 5. The first-order valence-corrected chi connectivity index (χ1v) is 14.0. The number of nitrogens with one attached hydrogen (secondary N) is 1. The fourth-order valence-electron chi connectivity index (χ4n) is 6.83. The second kappa shape index (κ2) is 10.1. The summed E-state index contributed by atoms with van der Waals surface area (Å²) in [6.45, 7) is 8.85. The highest BCUT2D eigenvalue weighted by atomic mass is 16.4. The van der Waals surface area contributed by atoms with Crippen molar-refractivity contribution in [3.8, 4) is 11.1 Å². The number of carbonyl (C=O) groups is 1. The van der Waals surface area contributed by atoms with Crippen LogP contribution in [0.3, 0.4) is 0 Å². The number of carbonyl (C=O) groups excluding carboxylic acids is 1. The number of hydrogen-bond acceptors (Lipinski definition) is 5. The van der Waals surface area contributed by atoms with Gasteiger partial charge >= 0.3 is 5.63 Å². The Bertz CT molecular complexity index is 1560. The molecule has 4 aromatic rings. The molecule has 2 aromatic carbocycles. The summed E-state index contributed by atoms with van der Waals surface area (Å²) in [6, 6.07) is 12.8. The number of furan rings is 1. The molecule has 0 aliphatic carbocycles. The molecule has 0 saturated carbocycles. The molecule has 0 radical (unpaired) electrons. The van der Waals surface area contributed by atoms with E-state index in [9.17, 15) is 9.59 Å². The van der Waals surface area contributed by atoms with Crippen LogP contribution in [0.15, 0.2) is 50.0 Å². The van der Waals surface area contributed by atoms with E-state index in [2.05, 4.69) is 28.4 Å². The number of aryl methyl sites for hydroxylation is 3. The first-order chi connectivity index (χ1) is 18.4. The van der Waals surface area contributed by atoms with Gasteiger partial charge in [0.05, 0.1) is 12.0 Å². The molecular weight excluding hydrogens is 476 g/mol. The summed E-state index contributed by atoms with van der Waals surface area (Å²) in [5.74, 6) is 1.19. The molecule has 2 aliphatic rings. The molecule has 0 unspecified atom stereocenters. The van der Waals surface area contributed by atoms with E-state index in [-0.39, 0.29) is 12.3 Å². The van der Waals surface area contributed by atoms with E-state index in [0.717, 1.165) is 50.8 Å². The van der Waals surface area contributed by atoms with Crippen molar-refractivity contribution in [3.63, 3.8) is 0 Å². The van der Waals surface area contributed by atoms with E-state index < -0.39 is 5.63 Å². The lowest BCUT2D eigenvalue weighted by Gasteiger charge is -2.44. The maximum absolute atomic E-state index is 13.1. The molecule has 38 heavy (non-hydrogen) atoms.